The zero-order chi connectivity index (χ0) is 21.1. The average molecular weight is 420 g/mol. The number of benzene rings is 2. The molecule has 0 spiro atoms. The number of carbonyl (C=O) groups is 2. The summed E-state index contributed by atoms with van der Waals surface area (Å²) in [5, 5.41) is 11.8. The first-order valence-electron chi connectivity index (χ1n) is 9.55. The maximum Gasteiger partial charge on any atom is 0.313 e. The van der Waals surface area contributed by atoms with Crippen molar-refractivity contribution < 1.29 is 9.59 Å². The lowest BCUT2D eigenvalue weighted by molar-refractivity contribution is -0.136. The molecule has 0 aliphatic carbocycles. The number of fused-ring (bicyclic) bond motifs is 1. The summed E-state index contributed by atoms with van der Waals surface area (Å²) >= 11 is 1.50. The fraction of sp³-hybridized carbons (Fsp3) is 0.182. The molecular weight excluding hydrogens is 398 g/mol. The minimum atomic E-state index is -0.682. The maximum absolute atomic E-state index is 12.1. The van der Waals surface area contributed by atoms with Crippen LogP contribution in [0.25, 0.3) is 16.3 Å². The highest BCUT2D eigenvalue weighted by Crippen LogP contribution is 2.21. The van der Waals surface area contributed by atoms with Crippen LogP contribution in [0.5, 0.6) is 0 Å². The van der Waals surface area contributed by atoms with Gasteiger partial charge in [-0.05, 0) is 31.5 Å². The van der Waals surface area contributed by atoms with Crippen LogP contribution in [0.1, 0.15) is 16.8 Å². The fourth-order valence-corrected chi connectivity index (χ4v) is 3.87. The fourth-order valence-electron chi connectivity index (χ4n) is 3.02. The lowest BCUT2D eigenvalue weighted by Gasteiger charge is -2.07. The predicted molar refractivity (Wildman–Crippen MR) is 118 cm³/mol. The number of aryl methyl sites for hydroxylation is 2. The lowest BCUT2D eigenvalue weighted by Crippen LogP contribution is -2.36. The van der Waals surface area contributed by atoms with Gasteiger partial charge in [-0.1, -0.05) is 42.0 Å². The molecule has 0 radical (unpaired) electrons. The highest BCUT2D eigenvalue weighted by atomic mass is 32.1. The molecule has 8 heteroatoms. The first-order chi connectivity index (χ1) is 14.5. The minimum absolute atomic E-state index is 0.325. The largest absolute Gasteiger partial charge is 0.347 e. The molecule has 2 N–H and O–H groups in total. The summed E-state index contributed by atoms with van der Waals surface area (Å²) in [6.45, 7) is 4.29. The highest BCUT2D eigenvalue weighted by molar-refractivity contribution is 7.15. The number of hydrogen-bond donors (Lipinski definition) is 2. The van der Waals surface area contributed by atoms with Crippen LogP contribution in [0.2, 0.25) is 0 Å². The van der Waals surface area contributed by atoms with E-state index in [4.69, 9.17) is 0 Å². The normalized spacial score (nSPS) is 10.9. The van der Waals surface area contributed by atoms with Crippen LogP contribution in [0.4, 0.5) is 5.69 Å². The Bertz CT molecular complexity index is 1210. The van der Waals surface area contributed by atoms with Gasteiger partial charge in [-0.3, -0.25) is 9.59 Å². The van der Waals surface area contributed by atoms with Gasteiger partial charge in [0.15, 0.2) is 5.82 Å². The van der Waals surface area contributed by atoms with E-state index >= 15 is 0 Å². The SMILES string of the molecule is Cc1ccc(-c2nc3scc(CCNC(=O)C(=O)Nc4cccc(C)c4)n3n2)cc1. The summed E-state index contributed by atoms with van der Waals surface area (Å²) in [6, 6.07) is 15.4. The van der Waals surface area contributed by atoms with Crippen LogP contribution >= 0.6 is 11.3 Å². The number of aromatic nitrogens is 3. The van der Waals surface area contributed by atoms with E-state index in [0.29, 0.717) is 24.5 Å². The van der Waals surface area contributed by atoms with E-state index in [1.165, 1.54) is 16.9 Å². The van der Waals surface area contributed by atoms with Crippen molar-refractivity contribution in [2.75, 3.05) is 11.9 Å². The van der Waals surface area contributed by atoms with Crippen LogP contribution in [0, 0.1) is 13.8 Å². The van der Waals surface area contributed by atoms with Crippen molar-refractivity contribution in [2.45, 2.75) is 20.3 Å². The Morgan fingerprint density at radius 2 is 1.83 bits per heavy atom. The molecule has 2 heterocycles. The Morgan fingerprint density at radius 1 is 1.03 bits per heavy atom. The van der Waals surface area contributed by atoms with Crippen molar-refractivity contribution in [3.8, 4) is 11.4 Å². The number of anilines is 1. The molecular formula is C22H21N5O2S. The predicted octanol–water partition coefficient (Wildman–Crippen LogP) is 3.37. The van der Waals surface area contributed by atoms with Crippen molar-refractivity contribution in [1.29, 1.82) is 0 Å². The summed E-state index contributed by atoms with van der Waals surface area (Å²) in [5.41, 5.74) is 4.68. The van der Waals surface area contributed by atoms with Crippen molar-refractivity contribution in [1.82, 2.24) is 19.9 Å². The van der Waals surface area contributed by atoms with Gasteiger partial charge in [0.1, 0.15) is 0 Å². The minimum Gasteiger partial charge on any atom is -0.347 e. The van der Waals surface area contributed by atoms with Crippen molar-refractivity contribution in [3.63, 3.8) is 0 Å². The Kier molecular flexibility index (Phi) is 5.58. The molecule has 4 aromatic rings. The van der Waals surface area contributed by atoms with E-state index in [-0.39, 0.29) is 0 Å². The summed E-state index contributed by atoms with van der Waals surface area (Å²) in [4.78, 5) is 29.5. The second-order valence-corrected chi connectivity index (χ2v) is 7.89. The lowest BCUT2D eigenvalue weighted by atomic mass is 10.1. The third-order valence-corrected chi connectivity index (χ3v) is 5.47. The van der Waals surface area contributed by atoms with Gasteiger partial charge >= 0.3 is 11.8 Å². The van der Waals surface area contributed by atoms with Gasteiger partial charge in [-0.15, -0.1) is 16.4 Å². The first kappa shape index (κ1) is 19.8. The van der Waals surface area contributed by atoms with Gasteiger partial charge < -0.3 is 10.6 Å². The van der Waals surface area contributed by atoms with Crippen molar-refractivity contribution >= 4 is 33.8 Å². The van der Waals surface area contributed by atoms with E-state index in [1.54, 1.807) is 10.6 Å². The number of rotatable bonds is 5. The maximum atomic E-state index is 12.1. The molecule has 0 bridgehead atoms. The van der Waals surface area contributed by atoms with E-state index in [2.05, 4.69) is 20.7 Å². The molecule has 30 heavy (non-hydrogen) atoms. The van der Waals surface area contributed by atoms with E-state index in [0.717, 1.165) is 21.8 Å². The third-order valence-electron chi connectivity index (χ3n) is 4.61. The van der Waals surface area contributed by atoms with Gasteiger partial charge in [0.25, 0.3) is 0 Å². The van der Waals surface area contributed by atoms with E-state index in [9.17, 15) is 9.59 Å². The number of nitrogens with zero attached hydrogens (tertiary/aromatic N) is 3. The van der Waals surface area contributed by atoms with E-state index in [1.807, 2.05) is 61.7 Å². The van der Waals surface area contributed by atoms with Crippen molar-refractivity contribution in [3.05, 3.63) is 70.7 Å². The summed E-state index contributed by atoms with van der Waals surface area (Å²) in [7, 11) is 0. The smallest absolute Gasteiger partial charge is 0.313 e. The molecule has 2 aromatic heterocycles. The number of carbonyl (C=O) groups excluding carboxylic acids is 2. The Morgan fingerprint density at radius 3 is 2.60 bits per heavy atom. The van der Waals surface area contributed by atoms with Crippen LogP contribution in [-0.2, 0) is 16.0 Å². The molecule has 152 valence electrons. The Labute approximate surface area is 177 Å². The monoisotopic (exact) mass is 419 g/mol. The standard InChI is InChI=1S/C22H21N5O2S/c1-14-6-8-16(9-7-14)19-25-22-27(26-19)18(13-30-22)10-11-23-20(28)21(29)24-17-5-3-4-15(2)12-17/h3-9,12-13H,10-11H2,1-2H3,(H,23,28)(H,24,29). The molecule has 0 aliphatic rings. The molecule has 0 saturated carbocycles. The number of nitrogens with one attached hydrogen (secondary N) is 2. The molecule has 0 saturated heterocycles. The molecule has 2 amide bonds. The van der Waals surface area contributed by atoms with Crippen LogP contribution in [0.15, 0.2) is 53.9 Å². The van der Waals surface area contributed by atoms with Crippen LogP contribution in [-0.4, -0.2) is 33.0 Å². The molecule has 0 atom stereocenters. The topological polar surface area (TPSA) is 88.4 Å². The molecule has 0 unspecified atom stereocenters. The van der Waals surface area contributed by atoms with Gasteiger partial charge in [-0.2, -0.15) is 4.98 Å². The summed E-state index contributed by atoms with van der Waals surface area (Å²) in [5.74, 6) is -0.676. The van der Waals surface area contributed by atoms with E-state index < -0.39 is 11.8 Å². The molecule has 0 aliphatic heterocycles. The van der Waals surface area contributed by atoms with Gasteiger partial charge in [-0.25, -0.2) is 4.52 Å². The zero-order valence-corrected chi connectivity index (χ0v) is 17.5. The zero-order valence-electron chi connectivity index (χ0n) is 16.7. The Hall–Kier alpha value is -3.52. The molecule has 7 nitrogen and oxygen atoms in total. The molecule has 2 aromatic carbocycles. The van der Waals surface area contributed by atoms with Gasteiger partial charge in [0.05, 0.1) is 5.69 Å². The summed E-state index contributed by atoms with van der Waals surface area (Å²) < 4.78 is 1.79. The first-order valence-corrected chi connectivity index (χ1v) is 10.4. The Balaban J connectivity index is 1.36. The number of thiazole rings is 1. The quantitative estimate of drug-likeness (QED) is 0.486. The molecule has 0 fully saturated rings. The van der Waals surface area contributed by atoms with Gasteiger partial charge in [0, 0.05) is 29.6 Å². The number of amides is 2. The highest BCUT2D eigenvalue weighted by Gasteiger charge is 2.15. The van der Waals surface area contributed by atoms with Crippen LogP contribution in [0.3, 0.4) is 0 Å². The average Bonchev–Trinajstić information content (AvgIpc) is 3.30. The van der Waals surface area contributed by atoms with Crippen molar-refractivity contribution in [2.24, 2.45) is 0 Å². The second-order valence-electron chi connectivity index (χ2n) is 7.05. The van der Waals surface area contributed by atoms with Crippen LogP contribution < -0.4 is 10.6 Å². The summed E-state index contributed by atoms with van der Waals surface area (Å²) in [6.07, 6.45) is 0.542. The second kappa shape index (κ2) is 8.46. The number of hydrogen-bond acceptors (Lipinski definition) is 5. The van der Waals surface area contributed by atoms with Gasteiger partial charge in [0.2, 0.25) is 4.96 Å². The third kappa shape index (κ3) is 4.38. The molecule has 4 rings (SSSR count).